The summed E-state index contributed by atoms with van der Waals surface area (Å²) in [4.78, 5) is 89.2. The van der Waals surface area contributed by atoms with Crippen LogP contribution in [0.2, 0.25) is 0 Å². The van der Waals surface area contributed by atoms with Gasteiger partial charge in [-0.2, -0.15) is 21.0 Å². The van der Waals surface area contributed by atoms with Crippen LogP contribution in [0.1, 0.15) is 204 Å². The first kappa shape index (κ1) is 103. The first-order valence-corrected chi connectivity index (χ1v) is 53.9. The first-order chi connectivity index (χ1) is 70.2. The van der Waals surface area contributed by atoms with Gasteiger partial charge in [0.2, 0.25) is 0 Å². The smallest absolute Gasteiger partial charge is 0.317 e. The number of ether oxygens (including phenoxy) is 4. The number of benzene rings is 8. The van der Waals surface area contributed by atoms with E-state index in [2.05, 4.69) is 181 Å². The highest BCUT2D eigenvalue weighted by molar-refractivity contribution is 7.19. The number of nitrogens with zero attached hydrogens (tertiary/aromatic N) is 15. The van der Waals surface area contributed by atoms with Gasteiger partial charge in [0, 0.05) is 132 Å². The number of urea groups is 4. The average molecular weight is 2020 g/mol. The highest BCUT2D eigenvalue weighted by Crippen LogP contribution is 2.48. The van der Waals surface area contributed by atoms with E-state index < -0.39 is 0 Å². The van der Waals surface area contributed by atoms with E-state index >= 15 is 0 Å². The zero-order chi connectivity index (χ0) is 102. The van der Waals surface area contributed by atoms with Crippen molar-refractivity contribution in [3.63, 3.8) is 0 Å². The molecule has 0 unspecified atom stereocenters. The van der Waals surface area contributed by atoms with Crippen molar-refractivity contribution >= 4 is 69.5 Å². The van der Waals surface area contributed by atoms with Gasteiger partial charge in [0.15, 0.2) is 0 Å². The molecule has 8 heterocycles. The van der Waals surface area contributed by atoms with E-state index in [9.17, 15) is 40.2 Å². The quantitative estimate of drug-likeness (QED) is 0.0519. The van der Waals surface area contributed by atoms with Crippen LogP contribution in [-0.4, -0.2) is 216 Å². The maximum absolute atomic E-state index is 13.1. The van der Waals surface area contributed by atoms with Gasteiger partial charge in [-0.05, 0) is 307 Å². The molecule has 145 heavy (non-hydrogen) atoms. The minimum absolute atomic E-state index is 0.00323. The third-order valence-corrected chi connectivity index (χ3v) is 32.2. The van der Waals surface area contributed by atoms with Crippen LogP contribution in [0.3, 0.4) is 0 Å². The number of fused-ring (bicyclic) bond motifs is 4. The topological polar surface area (TPSA) is 323 Å². The van der Waals surface area contributed by atoms with E-state index in [1.54, 1.807) is 45.3 Å². The number of carbonyl (C=O) groups excluding carboxylic acids is 4. The Labute approximate surface area is 866 Å². The molecule has 750 valence electrons. The van der Waals surface area contributed by atoms with Crippen LogP contribution >= 0.6 is 45.3 Å². The summed E-state index contributed by atoms with van der Waals surface area (Å²) in [5.74, 6) is 2.39. The molecule has 4 aliphatic carbocycles. The molecular formula is C114H127N19O8S4. The van der Waals surface area contributed by atoms with Crippen molar-refractivity contribution in [2.45, 2.75) is 193 Å². The summed E-state index contributed by atoms with van der Waals surface area (Å²) in [6, 6.07) is 57.9. The van der Waals surface area contributed by atoms with Crippen molar-refractivity contribution in [3.8, 4) is 131 Å². The maximum atomic E-state index is 13.1. The standard InChI is InChI=1S/C30H35N5O2S.2C28H31N5O2S.C28H30N4O2S/c1-19(2)37-27-11-8-20(16-21(27)17-31)29-32-18-28(38-29)25-7-5-6-24-23(25)9-10-26(24)33-30(36)35-14-12-22(13-15-35)34(3)4;2*1-18(2)35-25-10-7-19(15-20(25)16-29)27-30-17-26(36-27)23-6-4-5-22-21(23)8-9-24(22)31-28(34)33-13-11-32(3)12-14-33;1-18(2)34-25-12-9-19(15-20(25)16-29)27-30-17-26(35-27)23-8-6-7-22-21(23)10-11-24(22)31-28(33)32-13-4-3-5-14-32/h5-8,11,16,18-19,22,26H,9-10,12-15H2,1-4H3,(H,33,36);2*4-7,10,15,17-18,24H,8-9,11-14H2,1-3H3,(H,31,34);6-9,12,15,17-18,24H,3-5,10-11,13-14H2,1-2H3,(H,31,33)/t26-;3*24-/m1100/s1. The lowest BCUT2D eigenvalue weighted by Crippen LogP contribution is -2.51. The molecular weight excluding hydrogens is 1890 g/mol. The Morgan fingerprint density at radius 3 is 0.828 bits per heavy atom. The number of likely N-dealkylation sites (N-methyl/N-ethyl adjacent to an activating group) is 2. The number of carbonyl (C=O) groups is 4. The van der Waals surface area contributed by atoms with Crippen molar-refractivity contribution in [2.24, 2.45) is 0 Å². The Balaban J connectivity index is 0.000000132. The number of hydrogen-bond donors (Lipinski definition) is 4. The van der Waals surface area contributed by atoms with Crippen LogP contribution in [0.5, 0.6) is 23.0 Å². The fraction of sp³-hybridized carbons (Fsp3) is 0.404. The lowest BCUT2D eigenvalue weighted by molar-refractivity contribution is 0.146. The van der Waals surface area contributed by atoms with Crippen LogP contribution in [0.4, 0.5) is 19.2 Å². The van der Waals surface area contributed by atoms with E-state index in [1.807, 2.05) is 173 Å². The van der Waals surface area contributed by atoms with Gasteiger partial charge in [-0.25, -0.2) is 39.1 Å². The number of nitriles is 4. The Hall–Kier alpha value is -13.6. The molecule has 4 aliphatic heterocycles. The van der Waals surface area contributed by atoms with Crippen molar-refractivity contribution in [1.29, 1.82) is 21.0 Å². The fourth-order valence-electron chi connectivity index (χ4n) is 20.4. The van der Waals surface area contributed by atoms with Crippen LogP contribution in [0, 0.1) is 45.3 Å². The summed E-state index contributed by atoms with van der Waals surface area (Å²) in [6.45, 7) is 25.6. The van der Waals surface area contributed by atoms with E-state index in [0.29, 0.717) is 51.3 Å². The summed E-state index contributed by atoms with van der Waals surface area (Å²) in [5.41, 5.74) is 20.4. The zero-order valence-electron chi connectivity index (χ0n) is 84.6. The summed E-state index contributed by atoms with van der Waals surface area (Å²) < 4.78 is 23.0. The third kappa shape index (κ3) is 24.5. The average Bonchev–Trinajstić information content (AvgIpc) is 1.65. The molecule has 0 saturated carbocycles. The lowest BCUT2D eigenvalue weighted by atomic mass is 10.0. The Morgan fingerprint density at radius 1 is 0.338 bits per heavy atom. The molecule has 4 N–H and O–H groups in total. The van der Waals surface area contributed by atoms with Crippen LogP contribution < -0.4 is 40.2 Å². The monoisotopic (exact) mass is 2020 g/mol. The second-order valence-electron chi connectivity index (χ2n) is 39.5. The molecule has 31 heteroatoms. The molecule has 0 bridgehead atoms. The van der Waals surface area contributed by atoms with Crippen molar-refractivity contribution < 1.29 is 38.1 Å². The molecule has 12 aromatic rings. The predicted octanol–water partition coefficient (Wildman–Crippen LogP) is 22.3. The molecule has 20 rings (SSSR count). The number of piperazine rings is 2. The SMILES string of the molecule is CC(C)Oc1ccc(-c2ncc(-c3cccc4c3CC[C@@H]4NC(=O)N3CCCCC3)s2)cc1C#N.CC(C)Oc1ccc(-c2ncc(-c3cccc4c3CC[C@@H]4NC(=O)N3CCN(C)CC3)s2)cc1C#N.CC(C)Oc1ccc(-c2ncc(-c3cccc4c3CC[C@H]4NC(=O)N3CCC(N(C)C)CC3)s2)cc1C#N.CC(C)Oc1ccc(-c2ncc(-c3cccc4c3CC[C@H]4NC(=O)N3CCN(C)CC3)s2)cc1C#N. The number of aromatic nitrogens is 4. The van der Waals surface area contributed by atoms with Gasteiger partial charge in [-0.1, -0.05) is 72.8 Å². The molecule has 4 atom stereocenters. The van der Waals surface area contributed by atoms with E-state index in [1.165, 1.54) is 73.2 Å². The fourth-order valence-corrected chi connectivity index (χ4v) is 24.2. The van der Waals surface area contributed by atoms with Gasteiger partial charge in [-0.15, -0.1) is 45.3 Å². The number of piperidine rings is 2. The van der Waals surface area contributed by atoms with Crippen molar-refractivity contribution in [1.82, 2.24) is 75.5 Å². The van der Waals surface area contributed by atoms with Gasteiger partial charge in [0.25, 0.3) is 0 Å². The first-order valence-electron chi connectivity index (χ1n) is 50.6. The van der Waals surface area contributed by atoms with Crippen LogP contribution in [0.25, 0.3) is 84.0 Å². The van der Waals surface area contributed by atoms with Gasteiger partial charge in [0.05, 0.1) is 90.3 Å². The molecule has 8 aliphatic rings. The maximum Gasteiger partial charge on any atom is 0.317 e. The highest BCUT2D eigenvalue weighted by Gasteiger charge is 2.36. The summed E-state index contributed by atoms with van der Waals surface area (Å²) in [7, 11) is 8.41. The minimum Gasteiger partial charge on any atom is -0.490 e. The zero-order valence-corrected chi connectivity index (χ0v) is 87.9. The molecule has 0 radical (unpaired) electrons. The van der Waals surface area contributed by atoms with Crippen molar-refractivity contribution in [2.75, 3.05) is 107 Å². The lowest BCUT2D eigenvalue weighted by Gasteiger charge is -2.35. The van der Waals surface area contributed by atoms with E-state index in [4.69, 9.17) is 18.9 Å². The van der Waals surface area contributed by atoms with Gasteiger partial charge >= 0.3 is 24.1 Å². The summed E-state index contributed by atoms with van der Waals surface area (Å²) >= 11 is 6.49. The Kier molecular flexibility index (Phi) is 33.4. The number of likely N-dealkylation sites (tertiary alicyclic amines) is 2. The van der Waals surface area contributed by atoms with Crippen LogP contribution in [0.15, 0.2) is 170 Å². The molecule has 27 nitrogen and oxygen atoms in total. The summed E-state index contributed by atoms with van der Waals surface area (Å²) in [5, 5.41) is 55.0. The highest BCUT2D eigenvalue weighted by atomic mass is 32.1. The van der Waals surface area contributed by atoms with Gasteiger partial charge in [-0.3, -0.25) is 0 Å². The molecule has 8 amide bonds. The molecule has 4 fully saturated rings. The minimum atomic E-state index is 0.00323. The third-order valence-electron chi connectivity index (χ3n) is 27.9. The van der Waals surface area contributed by atoms with E-state index in [0.717, 1.165) is 217 Å². The predicted molar refractivity (Wildman–Crippen MR) is 574 cm³/mol. The molecule has 4 aromatic heterocycles. The molecule has 4 saturated heterocycles. The Bertz CT molecular complexity index is 6640. The normalized spacial score (nSPS) is 17.5. The number of hydrogen-bond acceptors (Lipinski definition) is 23. The van der Waals surface area contributed by atoms with E-state index in [-0.39, 0.29) is 72.7 Å². The van der Waals surface area contributed by atoms with Gasteiger partial charge in [0.1, 0.15) is 67.3 Å². The number of nitrogens with one attached hydrogen (secondary N) is 4. The summed E-state index contributed by atoms with van der Waals surface area (Å²) in [6.07, 6.45) is 20.4. The van der Waals surface area contributed by atoms with Crippen molar-refractivity contribution in [3.05, 3.63) is 237 Å². The largest absolute Gasteiger partial charge is 0.490 e. The number of thiazole rings is 4. The second kappa shape index (κ2) is 47.1. The number of rotatable bonds is 21. The molecule has 0 spiro atoms. The van der Waals surface area contributed by atoms with Crippen LogP contribution in [-0.2, 0) is 25.7 Å². The second-order valence-corrected chi connectivity index (χ2v) is 43.7. The number of amides is 8. The van der Waals surface area contributed by atoms with Gasteiger partial charge < -0.3 is 74.5 Å². The Morgan fingerprint density at radius 2 is 0.586 bits per heavy atom. The molecule has 8 aromatic carbocycles.